The normalized spacial score (nSPS) is 11.1. The smallest absolute Gasteiger partial charge is 0.407 e. The van der Waals surface area contributed by atoms with Gasteiger partial charge in [0.2, 0.25) is 0 Å². The molecule has 1 aromatic heterocycles. The van der Waals surface area contributed by atoms with Crippen LogP contribution in [0.1, 0.15) is 5.56 Å². The summed E-state index contributed by atoms with van der Waals surface area (Å²) in [6.45, 7) is 0.317. The predicted octanol–water partition coefficient (Wildman–Crippen LogP) is 1.18. The van der Waals surface area contributed by atoms with Crippen LogP contribution in [0.15, 0.2) is 16.9 Å². The molecule has 0 radical (unpaired) electrons. The number of phenolic OH excluding ortho intramolecular Hbond substituents is 1. The van der Waals surface area contributed by atoms with E-state index in [1.165, 1.54) is 20.3 Å². The van der Waals surface area contributed by atoms with Gasteiger partial charge >= 0.3 is 11.0 Å². The molecular formula is C14H18N2O6S. The molecule has 0 saturated carbocycles. The van der Waals surface area contributed by atoms with Gasteiger partial charge in [-0.25, -0.2) is 4.79 Å². The Morgan fingerprint density at radius 1 is 1.39 bits per heavy atom. The van der Waals surface area contributed by atoms with E-state index in [2.05, 4.69) is 10.3 Å². The van der Waals surface area contributed by atoms with E-state index in [1.54, 1.807) is 6.07 Å². The van der Waals surface area contributed by atoms with Gasteiger partial charge < -0.3 is 29.6 Å². The first-order chi connectivity index (χ1) is 11.0. The second-order valence-corrected chi connectivity index (χ2v) is 5.62. The number of rotatable bonds is 7. The highest BCUT2D eigenvalue weighted by Gasteiger charge is 2.11. The van der Waals surface area contributed by atoms with Crippen molar-refractivity contribution < 1.29 is 24.1 Å². The maximum atomic E-state index is 11.6. The van der Waals surface area contributed by atoms with Gasteiger partial charge in [-0.3, -0.25) is 4.79 Å². The summed E-state index contributed by atoms with van der Waals surface area (Å²) in [5.74, 6) is 0.0274. The molecule has 3 N–H and O–H groups in total. The molecule has 0 aliphatic rings. The van der Waals surface area contributed by atoms with Gasteiger partial charge in [-0.2, -0.15) is 0 Å². The van der Waals surface area contributed by atoms with E-state index in [0.29, 0.717) is 23.2 Å². The Hall–Kier alpha value is -2.10. The lowest BCUT2D eigenvalue weighted by Crippen LogP contribution is -2.30. The van der Waals surface area contributed by atoms with Gasteiger partial charge in [-0.1, -0.05) is 17.4 Å². The number of carbonyl (C=O) groups is 1. The number of aromatic amines is 1. The van der Waals surface area contributed by atoms with Gasteiger partial charge in [0.1, 0.15) is 17.9 Å². The topological polar surface area (TPSA) is 110 Å². The van der Waals surface area contributed by atoms with E-state index >= 15 is 0 Å². The molecule has 0 saturated heterocycles. The monoisotopic (exact) mass is 342 g/mol. The lowest BCUT2D eigenvalue weighted by atomic mass is 10.1. The van der Waals surface area contributed by atoms with Gasteiger partial charge in [0.05, 0.1) is 4.70 Å². The van der Waals surface area contributed by atoms with Gasteiger partial charge in [0.25, 0.3) is 0 Å². The van der Waals surface area contributed by atoms with Crippen LogP contribution >= 0.6 is 11.3 Å². The highest BCUT2D eigenvalue weighted by Crippen LogP contribution is 2.27. The van der Waals surface area contributed by atoms with Gasteiger partial charge in [0.15, 0.2) is 6.29 Å². The Kier molecular flexibility index (Phi) is 5.97. The van der Waals surface area contributed by atoms with Crippen LogP contribution in [0, 0.1) is 0 Å². The van der Waals surface area contributed by atoms with E-state index in [1.807, 2.05) is 0 Å². The summed E-state index contributed by atoms with van der Waals surface area (Å²) in [4.78, 5) is 25.3. The molecule has 2 aromatic rings. The zero-order valence-corrected chi connectivity index (χ0v) is 13.6. The largest absolute Gasteiger partial charge is 0.506 e. The van der Waals surface area contributed by atoms with Crippen LogP contribution in [-0.4, -0.2) is 49.8 Å². The van der Waals surface area contributed by atoms with Crippen molar-refractivity contribution in [1.82, 2.24) is 10.3 Å². The van der Waals surface area contributed by atoms with Crippen LogP contribution in [0.4, 0.5) is 4.79 Å². The molecule has 9 heteroatoms. The minimum atomic E-state index is -0.602. The Morgan fingerprint density at radius 2 is 2.13 bits per heavy atom. The fourth-order valence-corrected chi connectivity index (χ4v) is 2.89. The average molecular weight is 342 g/mol. The standard InChI is InChI=1S/C14H18N2O6S/c1-20-10(21-2)7-22-13(18)15-6-5-8-3-4-9(17)11-12(8)23-14(19)16-11/h3-4,10,17H,5-7H2,1-2H3,(H,15,18)(H,16,19). The number of hydrogen-bond acceptors (Lipinski definition) is 7. The van der Waals surface area contributed by atoms with Crippen LogP contribution < -0.4 is 10.2 Å². The zero-order valence-electron chi connectivity index (χ0n) is 12.8. The molecule has 0 atom stereocenters. The van der Waals surface area contributed by atoms with Crippen LogP contribution in [0.2, 0.25) is 0 Å². The molecule has 0 unspecified atom stereocenters. The molecule has 1 amide bonds. The summed E-state index contributed by atoms with van der Waals surface area (Å²) < 4.78 is 15.4. The zero-order chi connectivity index (χ0) is 16.8. The molecule has 0 bridgehead atoms. The fourth-order valence-electron chi connectivity index (χ4n) is 2.00. The fraction of sp³-hybridized carbons (Fsp3) is 0.429. The first kappa shape index (κ1) is 17.3. The summed E-state index contributed by atoms with van der Waals surface area (Å²) in [5.41, 5.74) is 1.27. The molecule has 8 nitrogen and oxygen atoms in total. The molecule has 0 fully saturated rings. The second-order valence-electron chi connectivity index (χ2n) is 4.64. The van der Waals surface area contributed by atoms with Crippen molar-refractivity contribution in [2.45, 2.75) is 12.7 Å². The third-order valence-corrected chi connectivity index (χ3v) is 4.14. The number of aromatic nitrogens is 1. The molecular weight excluding hydrogens is 324 g/mol. The third kappa shape index (κ3) is 4.44. The quantitative estimate of drug-likeness (QED) is 0.652. The van der Waals surface area contributed by atoms with Gasteiger partial charge in [-0.15, -0.1) is 0 Å². The summed E-state index contributed by atoms with van der Waals surface area (Å²) >= 11 is 1.02. The maximum absolute atomic E-state index is 11.6. The number of fused-ring (bicyclic) bond motifs is 1. The Bertz CT molecular complexity index is 722. The third-order valence-electron chi connectivity index (χ3n) is 3.18. The molecule has 1 aromatic carbocycles. The van der Waals surface area contributed by atoms with Crippen LogP contribution in [-0.2, 0) is 20.6 Å². The van der Waals surface area contributed by atoms with Crippen molar-refractivity contribution in [1.29, 1.82) is 0 Å². The number of H-pyrrole nitrogens is 1. The maximum Gasteiger partial charge on any atom is 0.407 e. The Morgan fingerprint density at radius 3 is 2.83 bits per heavy atom. The van der Waals surface area contributed by atoms with E-state index in [4.69, 9.17) is 14.2 Å². The van der Waals surface area contributed by atoms with Crippen molar-refractivity contribution in [2.75, 3.05) is 27.4 Å². The molecule has 2 rings (SSSR count). The number of benzene rings is 1. The van der Waals surface area contributed by atoms with E-state index in [9.17, 15) is 14.7 Å². The number of hydrogen-bond donors (Lipinski definition) is 3. The number of amides is 1. The molecule has 0 spiro atoms. The lowest BCUT2D eigenvalue weighted by molar-refractivity contribution is -0.128. The Labute approximate surface area is 136 Å². The number of alkyl carbamates (subject to hydrolysis) is 1. The summed E-state index contributed by atoms with van der Waals surface area (Å²) in [6, 6.07) is 3.24. The Balaban J connectivity index is 1.88. The highest BCUT2D eigenvalue weighted by atomic mass is 32.1. The number of methoxy groups -OCH3 is 2. The van der Waals surface area contributed by atoms with Crippen LogP contribution in [0.5, 0.6) is 5.75 Å². The second kappa shape index (κ2) is 7.95. The van der Waals surface area contributed by atoms with E-state index in [0.717, 1.165) is 16.9 Å². The van der Waals surface area contributed by atoms with Crippen molar-refractivity contribution in [3.63, 3.8) is 0 Å². The lowest BCUT2D eigenvalue weighted by Gasteiger charge is -2.13. The van der Waals surface area contributed by atoms with Crippen molar-refractivity contribution in [2.24, 2.45) is 0 Å². The van der Waals surface area contributed by atoms with Crippen LogP contribution in [0.3, 0.4) is 0 Å². The van der Waals surface area contributed by atoms with Gasteiger partial charge in [0, 0.05) is 20.8 Å². The van der Waals surface area contributed by atoms with Crippen molar-refractivity contribution in [3.8, 4) is 5.75 Å². The SMILES string of the molecule is COC(COC(=O)NCCc1ccc(O)c2[nH]c(=O)sc12)OC. The molecule has 0 aliphatic carbocycles. The molecule has 126 valence electrons. The molecule has 23 heavy (non-hydrogen) atoms. The van der Waals surface area contributed by atoms with Crippen molar-refractivity contribution >= 4 is 27.6 Å². The summed E-state index contributed by atoms with van der Waals surface area (Å²) in [6.07, 6.45) is -0.687. The van der Waals surface area contributed by atoms with Crippen LogP contribution in [0.25, 0.3) is 10.2 Å². The number of nitrogens with one attached hydrogen (secondary N) is 2. The minimum Gasteiger partial charge on any atom is -0.506 e. The number of aromatic hydroxyl groups is 1. The first-order valence-corrected chi connectivity index (χ1v) is 7.66. The molecule has 1 heterocycles. The van der Waals surface area contributed by atoms with Gasteiger partial charge in [-0.05, 0) is 18.1 Å². The summed E-state index contributed by atoms with van der Waals surface area (Å²) in [5, 5.41) is 12.3. The highest BCUT2D eigenvalue weighted by molar-refractivity contribution is 7.16. The van der Waals surface area contributed by atoms with E-state index in [-0.39, 0.29) is 17.2 Å². The van der Waals surface area contributed by atoms with Crippen molar-refractivity contribution in [3.05, 3.63) is 27.4 Å². The average Bonchev–Trinajstić information content (AvgIpc) is 2.93. The number of ether oxygens (including phenoxy) is 3. The molecule has 0 aliphatic heterocycles. The number of phenols is 1. The number of carbonyl (C=O) groups excluding carboxylic acids is 1. The predicted molar refractivity (Wildman–Crippen MR) is 85.0 cm³/mol. The summed E-state index contributed by atoms with van der Waals surface area (Å²) in [7, 11) is 2.90. The number of thiazole rings is 1. The first-order valence-electron chi connectivity index (χ1n) is 6.85. The minimum absolute atomic E-state index is 0.0122. The van der Waals surface area contributed by atoms with E-state index < -0.39 is 12.4 Å².